The van der Waals surface area contributed by atoms with Crippen LogP contribution >= 0.6 is 11.3 Å². The summed E-state index contributed by atoms with van der Waals surface area (Å²) >= 11 is 1.55. The Hall–Kier alpha value is -1.19. The molecule has 0 aliphatic heterocycles. The van der Waals surface area contributed by atoms with Crippen molar-refractivity contribution in [2.24, 2.45) is 0 Å². The SMILES string of the molecule is Cc1nc(-c2ccccc2)c(CO)s1. The molecular weight excluding hydrogens is 194 g/mol. The highest BCUT2D eigenvalue weighted by Crippen LogP contribution is 2.27. The lowest BCUT2D eigenvalue weighted by molar-refractivity contribution is 0.286. The van der Waals surface area contributed by atoms with Crippen LogP contribution in [0.5, 0.6) is 0 Å². The molecule has 0 amide bonds. The highest BCUT2D eigenvalue weighted by Gasteiger charge is 2.09. The predicted octanol–water partition coefficient (Wildman–Crippen LogP) is 2.61. The summed E-state index contributed by atoms with van der Waals surface area (Å²) in [7, 11) is 0. The predicted molar refractivity (Wildman–Crippen MR) is 58.2 cm³/mol. The molecule has 14 heavy (non-hydrogen) atoms. The summed E-state index contributed by atoms with van der Waals surface area (Å²) < 4.78 is 0. The maximum Gasteiger partial charge on any atom is 0.0905 e. The fourth-order valence-electron chi connectivity index (χ4n) is 1.40. The third-order valence-corrected chi connectivity index (χ3v) is 2.95. The van der Waals surface area contributed by atoms with Crippen LogP contribution in [-0.4, -0.2) is 10.1 Å². The van der Waals surface area contributed by atoms with Crippen LogP contribution in [0.2, 0.25) is 0 Å². The van der Waals surface area contributed by atoms with Gasteiger partial charge in [0.2, 0.25) is 0 Å². The monoisotopic (exact) mass is 205 g/mol. The van der Waals surface area contributed by atoms with Crippen LogP contribution in [0.3, 0.4) is 0 Å². The minimum atomic E-state index is 0.0652. The van der Waals surface area contributed by atoms with E-state index in [1.54, 1.807) is 11.3 Å². The fourth-order valence-corrected chi connectivity index (χ4v) is 2.22. The molecule has 0 spiro atoms. The Morgan fingerprint density at radius 2 is 2.00 bits per heavy atom. The van der Waals surface area contributed by atoms with Crippen LogP contribution in [0.1, 0.15) is 9.88 Å². The molecule has 0 bridgehead atoms. The number of aliphatic hydroxyl groups is 1. The summed E-state index contributed by atoms with van der Waals surface area (Å²) in [4.78, 5) is 5.35. The Morgan fingerprint density at radius 1 is 1.29 bits per heavy atom. The minimum absolute atomic E-state index is 0.0652. The van der Waals surface area contributed by atoms with E-state index in [0.29, 0.717) is 0 Å². The van der Waals surface area contributed by atoms with E-state index in [0.717, 1.165) is 21.1 Å². The van der Waals surface area contributed by atoms with Crippen LogP contribution in [0.4, 0.5) is 0 Å². The van der Waals surface area contributed by atoms with E-state index in [1.165, 1.54) is 0 Å². The van der Waals surface area contributed by atoms with Gasteiger partial charge in [0.15, 0.2) is 0 Å². The lowest BCUT2D eigenvalue weighted by Crippen LogP contribution is -1.84. The van der Waals surface area contributed by atoms with Gasteiger partial charge in [-0.3, -0.25) is 0 Å². The van der Waals surface area contributed by atoms with E-state index in [1.807, 2.05) is 37.3 Å². The van der Waals surface area contributed by atoms with Crippen molar-refractivity contribution in [2.45, 2.75) is 13.5 Å². The van der Waals surface area contributed by atoms with E-state index in [-0.39, 0.29) is 6.61 Å². The standard InChI is InChI=1S/C11H11NOS/c1-8-12-11(10(7-13)14-8)9-5-3-2-4-6-9/h2-6,13H,7H2,1H3. The molecule has 0 fully saturated rings. The number of hydrogen-bond donors (Lipinski definition) is 1. The van der Waals surface area contributed by atoms with Gasteiger partial charge in [-0.1, -0.05) is 30.3 Å². The summed E-state index contributed by atoms with van der Waals surface area (Å²) in [5.74, 6) is 0. The zero-order chi connectivity index (χ0) is 9.97. The highest BCUT2D eigenvalue weighted by atomic mass is 32.1. The number of thiazole rings is 1. The minimum Gasteiger partial charge on any atom is -0.391 e. The fraction of sp³-hybridized carbons (Fsp3) is 0.182. The lowest BCUT2D eigenvalue weighted by atomic mass is 10.1. The van der Waals surface area contributed by atoms with E-state index < -0.39 is 0 Å². The second kappa shape index (κ2) is 3.90. The van der Waals surface area contributed by atoms with Gasteiger partial charge in [0, 0.05) is 5.56 Å². The molecular formula is C11H11NOS. The molecule has 0 saturated carbocycles. The smallest absolute Gasteiger partial charge is 0.0905 e. The second-order valence-electron chi connectivity index (χ2n) is 3.03. The maximum absolute atomic E-state index is 9.16. The number of rotatable bonds is 2. The van der Waals surface area contributed by atoms with E-state index in [9.17, 15) is 0 Å². The van der Waals surface area contributed by atoms with E-state index in [4.69, 9.17) is 5.11 Å². The first-order valence-corrected chi connectivity index (χ1v) is 5.25. The molecule has 0 unspecified atom stereocenters. The van der Waals surface area contributed by atoms with Gasteiger partial charge in [-0.05, 0) is 6.92 Å². The molecule has 1 N–H and O–H groups in total. The van der Waals surface area contributed by atoms with Crippen molar-refractivity contribution in [3.8, 4) is 11.3 Å². The van der Waals surface area contributed by atoms with Crippen molar-refractivity contribution in [3.63, 3.8) is 0 Å². The number of aryl methyl sites for hydroxylation is 1. The van der Waals surface area contributed by atoms with Crippen molar-refractivity contribution in [3.05, 3.63) is 40.2 Å². The highest BCUT2D eigenvalue weighted by molar-refractivity contribution is 7.12. The zero-order valence-electron chi connectivity index (χ0n) is 7.90. The Balaban J connectivity index is 2.51. The summed E-state index contributed by atoms with van der Waals surface area (Å²) in [6, 6.07) is 9.94. The van der Waals surface area contributed by atoms with Gasteiger partial charge in [-0.15, -0.1) is 11.3 Å². The molecule has 1 aromatic heterocycles. The Labute approximate surface area is 86.9 Å². The van der Waals surface area contributed by atoms with Crippen molar-refractivity contribution in [2.75, 3.05) is 0 Å². The third kappa shape index (κ3) is 1.69. The summed E-state index contributed by atoms with van der Waals surface area (Å²) in [6.45, 7) is 2.02. The Bertz CT molecular complexity index is 422. The normalized spacial score (nSPS) is 10.4. The molecule has 0 radical (unpaired) electrons. The van der Waals surface area contributed by atoms with Crippen LogP contribution in [-0.2, 0) is 6.61 Å². The molecule has 0 saturated heterocycles. The van der Waals surface area contributed by atoms with Crippen LogP contribution in [0.25, 0.3) is 11.3 Å². The number of hydrogen-bond acceptors (Lipinski definition) is 3. The summed E-state index contributed by atoms with van der Waals surface area (Å²) in [5, 5.41) is 10.2. The average Bonchev–Trinajstić information content (AvgIpc) is 2.61. The maximum atomic E-state index is 9.16. The van der Waals surface area contributed by atoms with Gasteiger partial charge in [0.25, 0.3) is 0 Å². The molecule has 3 heteroatoms. The Kier molecular flexibility index (Phi) is 2.61. The van der Waals surface area contributed by atoms with Gasteiger partial charge in [0.05, 0.1) is 22.2 Å². The Morgan fingerprint density at radius 3 is 2.64 bits per heavy atom. The second-order valence-corrected chi connectivity index (χ2v) is 4.32. The topological polar surface area (TPSA) is 33.1 Å². The largest absolute Gasteiger partial charge is 0.391 e. The van der Waals surface area contributed by atoms with E-state index >= 15 is 0 Å². The average molecular weight is 205 g/mol. The summed E-state index contributed by atoms with van der Waals surface area (Å²) in [6.07, 6.45) is 0. The van der Waals surface area contributed by atoms with Gasteiger partial charge in [-0.25, -0.2) is 4.98 Å². The number of benzene rings is 1. The molecule has 0 aliphatic rings. The van der Waals surface area contributed by atoms with Crippen molar-refractivity contribution in [1.82, 2.24) is 4.98 Å². The first-order valence-electron chi connectivity index (χ1n) is 4.44. The molecule has 2 nitrogen and oxygen atoms in total. The summed E-state index contributed by atoms with van der Waals surface area (Å²) in [5.41, 5.74) is 1.98. The van der Waals surface area contributed by atoms with E-state index in [2.05, 4.69) is 4.98 Å². The molecule has 0 atom stereocenters. The van der Waals surface area contributed by atoms with Gasteiger partial charge in [-0.2, -0.15) is 0 Å². The number of aromatic nitrogens is 1. The van der Waals surface area contributed by atoms with Crippen LogP contribution < -0.4 is 0 Å². The van der Waals surface area contributed by atoms with Crippen molar-refractivity contribution >= 4 is 11.3 Å². The molecule has 2 rings (SSSR count). The number of aliphatic hydroxyl groups excluding tert-OH is 1. The van der Waals surface area contributed by atoms with Crippen molar-refractivity contribution in [1.29, 1.82) is 0 Å². The first-order chi connectivity index (χ1) is 6.81. The number of nitrogens with zero attached hydrogens (tertiary/aromatic N) is 1. The van der Waals surface area contributed by atoms with Gasteiger partial charge >= 0.3 is 0 Å². The first kappa shape index (κ1) is 9.37. The van der Waals surface area contributed by atoms with Crippen molar-refractivity contribution < 1.29 is 5.11 Å². The quantitative estimate of drug-likeness (QED) is 0.817. The van der Waals surface area contributed by atoms with Crippen LogP contribution in [0, 0.1) is 6.92 Å². The molecule has 0 aliphatic carbocycles. The van der Waals surface area contributed by atoms with Gasteiger partial charge in [0.1, 0.15) is 0 Å². The molecule has 2 aromatic rings. The molecule has 72 valence electrons. The van der Waals surface area contributed by atoms with Crippen LogP contribution in [0.15, 0.2) is 30.3 Å². The zero-order valence-corrected chi connectivity index (χ0v) is 8.71. The lowest BCUT2D eigenvalue weighted by Gasteiger charge is -1.98. The molecule has 1 aromatic carbocycles. The van der Waals surface area contributed by atoms with Gasteiger partial charge < -0.3 is 5.11 Å². The molecule has 1 heterocycles. The third-order valence-electron chi connectivity index (χ3n) is 2.00.